The van der Waals surface area contributed by atoms with Crippen molar-refractivity contribution >= 4 is 17.1 Å². The molecule has 1 fully saturated rings. The van der Waals surface area contributed by atoms with Crippen molar-refractivity contribution in [3.05, 3.63) is 64.7 Å². The second-order valence-electron chi connectivity index (χ2n) is 8.13. The number of hydrogen-bond donors (Lipinski definition) is 0. The second-order valence-corrected chi connectivity index (χ2v) is 9.13. The summed E-state index contributed by atoms with van der Waals surface area (Å²) in [5, 5.41) is 0.870. The lowest BCUT2D eigenvalue weighted by Crippen LogP contribution is -2.30. The molecule has 150 valence electrons. The standard InChI is InChI=1S/C24H27N3OS/c1-17-8-9-20(16-26-17)24(11-4-3-5-12-24)13-10-21(28)22-18(2)27-23(29-22)19-7-6-14-25-15-19/h6-9,14-16H,3-5,10-13H2,1-2H3. The third-order valence-corrected chi connectivity index (χ3v) is 7.37. The Hall–Kier alpha value is -2.40. The van der Waals surface area contributed by atoms with Gasteiger partial charge in [-0.05, 0) is 62.3 Å². The number of nitrogens with zero attached hydrogens (tertiary/aromatic N) is 3. The molecule has 3 aromatic heterocycles. The van der Waals surface area contributed by atoms with Crippen molar-refractivity contribution in [2.24, 2.45) is 0 Å². The van der Waals surface area contributed by atoms with Gasteiger partial charge >= 0.3 is 0 Å². The number of thiazole rings is 1. The highest BCUT2D eigenvalue weighted by Gasteiger charge is 2.34. The summed E-state index contributed by atoms with van der Waals surface area (Å²) in [4.78, 5) is 27.2. The van der Waals surface area contributed by atoms with Gasteiger partial charge in [0, 0.05) is 36.3 Å². The number of ketones is 1. The molecule has 0 atom stereocenters. The Balaban J connectivity index is 1.53. The Morgan fingerprint density at radius 3 is 2.62 bits per heavy atom. The van der Waals surface area contributed by atoms with E-state index in [0.717, 1.165) is 46.1 Å². The van der Waals surface area contributed by atoms with Crippen molar-refractivity contribution in [1.29, 1.82) is 0 Å². The van der Waals surface area contributed by atoms with Crippen LogP contribution in [0.3, 0.4) is 0 Å². The maximum atomic E-state index is 13.1. The minimum Gasteiger partial charge on any atom is -0.293 e. The lowest BCUT2D eigenvalue weighted by Gasteiger charge is -2.37. The first kappa shape index (κ1) is 19.9. The van der Waals surface area contributed by atoms with E-state index in [1.54, 1.807) is 12.4 Å². The molecule has 0 aliphatic heterocycles. The summed E-state index contributed by atoms with van der Waals surface area (Å²) >= 11 is 1.49. The Bertz CT molecular complexity index is 973. The fraction of sp³-hybridized carbons (Fsp3) is 0.417. The summed E-state index contributed by atoms with van der Waals surface area (Å²) in [5.74, 6) is 0.208. The van der Waals surface area contributed by atoms with Gasteiger partial charge in [0.15, 0.2) is 5.78 Å². The van der Waals surface area contributed by atoms with E-state index in [2.05, 4.69) is 27.1 Å². The van der Waals surface area contributed by atoms with Crippen LogP contribution in [0.1, 0.15) is 71.6 Å². The van der Waals surface area contributed by atoms with Crippen molar-refractivity contribution in [3.63, 3.8) is 0 Å². The van der Waals surface area contributed by atoms with Crippen molar-refractivity contribution in [1.82, 2.24) is 15.0 Å². The molecule has 1 aliphatic rings. The molecule has 4 nitrogen and oxygen atoms in total. The molecule has 0 spiro atoms. The van der Waals surface area contributed by atoms with Crippen LogP contribution in [0.2, 0.25) is 0 Å². The highest BCUT2D eigenvalue weighted by atomic mass is 32.1. The first-order valence-corrected chi connectivity index (χ1v) is 11.2. The van der Waals surface area contributed by atoms with Crippen molar-refractivity contribution in [3.8, 4) is 10.6 Å². The molecule has 1 saturated carbocycles. The molecule has 29 heavy (non-hydrogen) atoms. The zero-order chi connectivity index (χ0) is 20.3. The van der Waals surface area contributed by atoms with Crippen molar-refractivity contribution in [2.75, 3.05) is 0 Å². The third-order valence-electron chi connectivity index (χ3n) is 6.12. The predicted molar refractivity (Wildman–Crippen MR) is 117 cm³/mol. The number of Topliss-reactive ketones (excluding diaryl/α,β-unsaturated/α-hetero) is 1. The van der Waals surface area contributed by atoms with E-state index in [1.165, 1.54) is 36.2 Å². The zero-order valence-electron chi connectivity index (χ0n) is 17.1. The van der Waals surface area contributed by atoms with Gasteiger partial charge in [0.2, 0.25) is 0 Å². The predicted octanol–water partition coefficient (Wildman–Crippen LogP) is 6.08. The fourth-order valence-electron chi connectivity index (χ4n) is 4.43. The molecular weight excluding hydrogens is 378 g/mol. The van der Waals surface area contributed by atoms with Gasteiger partial charge in [0.25, 0.3) is 0 Å². The summed E-state index contributed by atoms with van der Waals surface area (Å²) in [5.41, 5.74) is 4.22. The molecule has 0 aromatic carbocycles. The first-order chi connectivity index (χ1) is 14.1. The monoisotopic (exact) mass is 405 g/mol. The molecular formula is C24H27N3OS. The molecule has 0 N–H and O–H groups in total. The lowest BCUT2D eigenvalue weighted by molar-refractivity contribution is 0.0966. The molecule has 0 radical (unpaired) electrons. The summed E-state index contributed by atoms with van der Waals surface area (Å²) in [6, 6.07) is 8.20. The van der Waals surface area contributed by atoms with Crippen molar-refractivity contribution < 1.29 is 4.79 Å². The maximum Gasteiger partial charge on any atom is 0.174 e. The molecule has 5 heteroatoms. The summed E-state index contributed by atoms with van der Waals surface area (Å²) in [7, 11) is 0. The zero-order valence-corrected chi connectivity index (χ0v) is 18.0. The summed E-state index contributed by atoms with van der Waals surface area (Å²) in [6.07, 6.45) is 13.1. The van der Waals surface area contributed by atoms with Crippen LogP contribution in [-0.4, -0.2) is 20.7 Å². The average Bonchev–Trinajstić information content (AvgIpc) is 3.15. The first-order valence-electron chi connectivity index (χ1n) is 10.4. The Morgan fingerprint density at radius 2 is 1.93 bits per heavy atom. The van der Waals surface area contributed by atoms with Crippen LogP contribution >= 0.6 is 11.3 Å². The third kappa shape index (κ3) is 4.30. The Morgan fingerprint density at radius 1 is 1.10 bits per heavy atom. The van der Waals surface area contributed by atoms with Crippen LogP contribution in [0.15, 0.2) is 42.9 Å². The molecule has 3 heterocycles. The molecule has 0 bridgehead atoms. The topological polar surface area (TPSA) is 55.7 Å². The van der Waals surface area contributed by atoms with Gasteiger partial charge in [0.1, 0.15) is 5.01 Å². The minimum absolute atomic E-state index is 0.0827. The van der Waals surface area contributed by atoms with Gasteiger partial charge in [-0.15, -0.1) is 11.3 Å². The van der Waals surface area contributed by atoms with Crippen LogP contribution in [0.25, 0.3) is 10.6 Å². The van der Waals surface area contributed by atoms with Gasteiger partial charge in [-0.3, -0.25) is 14.8 Å². The highest BCUT2D eigenvalue weighted by molar-refractivity contribution is 7.17. The molecule has 3 aromatic rings. The number of carbonyl (C=O) groups is 1. The smallest absolute Gasteiger partial charge is 0.174 e. The van der Waals surface area contributed by atoms with E-state index in [0.29, 0.717) is 6.42 Å². The molecule has 1 aliphatic carbocycles. The number of hydrogen-bond acceptors (Lipinski definition) is 5. The molecule has 0 unspecified atom stereocenters. The molecule has 4 rings (SSSR count). The van der Waals surface area contributed by atoms with Crippen LogP contribution in [0.4, 0.5) is 0 Å². The van der Waals surface area contributed by atoms with Gasteiger partial charge in [-0.25, -0.2) is 4.98 Å². The van der Waals surface area contributed by atoms with E-state index < -0.39 is 0 Å². The van der Waals surface area contributed by atoms with Crippen molar-refractivity contribution in [2.45, 2.75) is 64.2 Å². The van der Waals surface area contributed by atoms with Gasteiger partial charge in [0.05, 0.1) is 10.6 Å². The van der Waals surface area contributed by atoms with E-state index in [4.69, 9.17) is 0 Å². The Kier molecular flexibility index (Phi) is 5.86. The average molecular weight is 406 g/mol. The largest absolute Gasteiger partial charge is 0.293 e. The van der Waals surface area contributed by atoms with E-state index in [-0.39, 0.29) is 11.2 Å². The fourth-order valence-corrected chi connectivity index (χ4v) is 5.45. The highest BCUT2D eigenvalue weighted by Crippen LogP contribution is 2.43. The number of aryl methyl sites for hydroxylation is 2. The molecule has 0 saturated heterocycles. The van der Waals surface area contributed by atoms with Crippen LogP contribution in [0.5, 0.6) is 0 Å². The SMILES string of the molecule is Cc1ccc(C2(CCC(=O)c3sc(-c4cccnc4)nc3C)CCCCC2)cn1. The quantitative estimate of drug-likeness (QED) is 0.466. The number of carbonyl (C=O) groups excluding carboxylic acids is 1. The normalized spacial score (nSPS) is 15.9. The van der Waals surface area contributed by atoms with Crippen LogP contribution in [0, 0.1) is 13.8 Å². The minimum atomic E-state index is 0.0827. The van der Waals surface area contributed by atoms with E-state index >= 15 is 0 Å². The summed E-state index contributed by atoms with van der Waals surface area (Å²) < 4.78 is 0. The lowest BCUT2D eigenvalue weighted by atomic mass is 9.67. The number of rotatable bonds is 6. The van der Waals surface area contributed by atoms with E-state index in [1.807, 2.05) is 32.2 Å². The van der Waals surface area contributed by atoms with Gasteiger partial charge in [-0.1, -0.05) is 25.3 Å². The van der Waals surface area contributed by atoms with Gasteiger partial charge < -0.3 is 0 Å². The molecule has 0 amide bonds. The van der Waals surface area contributed by atoms with Gasteiger partial charge in [-0.2, -0.15) is 0 Å². The number of pyridine rings is 2. The van der Waals surface area contributed by atoms with E-state index in [9.17, 15) is 4.79 Å². The number of aromatic nitrogens is 3. The van der Waals surface area contributed by atoms with Crippen LogP contribution < -0.4 is 0 Å². The Labute approximate surface area is 176 Å². The van der Waals surface area contributed by atoms with Crippen LogP contribution in [-0.2, 0) is 5.41 Å². The second kappa shape index (κ2) is 8.54. The summed E-state index contributed by atoms with van der Waals surface area (Å²) in [6.45, 7) is 3.96. The maximum absolute atomic E-state index is 13.1.